The lowest BCUT2D eigenvalue weighted by atomic mass is 10.1. The molecule has 2 heterocycles. The lowest BCUT2D eigenvalue weighted by molar-refractivity contribution is -0.117. The summed E-state index contributed by atoms with van der Waals surface area (Å²) in [6.07, 6.45) is 3.58. The van der Waals surface area contributed by atoms with Gasteiger partial charge in [0, 0.05) is 17.9 Å². The third-order valence-electron chi connectivity index (χ3n) is 4.68. The molecule has 7 nitrogen and oxygen atoms in total. The van der Waals surface area contributed by atoms with Gasteiger partial charge in [-0.2, -0.15) is 5.10 Å². The zero-order chi connectivity index (χ0) is 19.2. The Labute approximate surface area is 159 Å². The standard InChI is InChI=1S/C20H27N5O2/c1-3-25-18(13-15(2)23-25)20(27)22-17-9-7-16(8-10-17)21-19(26)14-24-11-5-4-6-12-24/h7-10,13H,3-6,11-12,14H2,1-2H3,(H,21,26)(H,22,27). The van der Waals surface area contributed by atoms with E-state index in [0.29, 0.717) is 24.5 Å². The molecule has 0 unspecified atom stereocenters. The SMILES string of the molecule is CCn1nc(C)cc1C(=O)Nc1ccc(NC(=O)CN2CCCCC2)cc1. The van der Waals surface area contributed by atoms with Gasteiger partial charge in [0.25, 0.3) is 5.91 Å². The maximum atomic E-state index is 12.4. The molecule has 2 amide bonds. The van der Waals surface area contributed by atoms with Gasteiger partial charge < -0.3 is 10.6 Å². The van der Waals surface area contributed by atoms with Gasteiger partial charge in [-0.3, -0.25) is 19.2 Å². The van der Waals surface area contributed by atoms with Crippen LogP contribution in [0, 0.1) is 6.92 Å². The molecular formula is C20H27N5O2. The number of benzene rings is 1. The summed E-state index contributed by atoms with van der Waals surface area (Å²) < 4.78 is 1.68. The maximum absolute atomic E-state index is 12.4. The monoisotopic (exact) mass is 369 g/mol. The minimum absolute atomic E-state index is 0.00370. The fraction of sp³-hybridized carbons (Fsp3) is 0.450. The summed E-state index contributed by atoms with van der Waals surface area (Å²) in [5.41, 5.74) is 2.75. The van der Waals surface area contributed by atoms with E-state index < -0.39 is 0 Å². The summed E-state index contributed by atoms with van der Waals surface area (Å²) in [5.74, 6) is -0.199. The lowest BCUT2D eigenvalue weighted by Gasteiger charge is -2.25. The molecule has 0 aliphatic carbocycles. The first-order valence-electron chi connectivity index (χ1n) is 9.53. The van der Waals surface area contributed by atoms with Crippen LogP contribution in [0.1, 0.15) is 42.4 Å². The van der Waals surface area contributed by atoms with Gasteiger partial charge in [-0.1, -0.05) is 6.42 Å². The van der Waals surface area contributed by atoms with Crippen molar-refractivity contribution in [2.45, 2.75) is 39.7 Å². The Morgan fingerprint density at radius 3 is 2.30 bits per heavy atom. The van der Waals surface area contributed by atoms with Crippen LogP contribution in [0.2, 0.25) is 0 Å². The molecule has 1 fully saturated rings. The van der Waals surface area contributed by atoms with Crippen molar-refractivity contribution in [1.29, 1.82) is 0 Å². The summed E-state index contributed by atoms with van der Waals surface area (Å²) in [4.78, 5) is 26.8. The molecule has 1 aliphatic rings. The minimum Gasteiger partial charge on any atom is -0.325 e. The van der Waals surface area contributed by atoms with Crippen LogP contribution in [-0.4, -0.2) is 46.1 Å². The zero-order valence-corrected chi connectivity index (χ0v) is 16.0. The van der Waals surface area contributed by atoms with Crippen molar-refractivity contribution in [2.75, 3.05) is 30.3 Å². The van der Waals surface area contributed by atoms with E-state index in [4.69, 9.17) is 0 Å². The molecule has 2 N–H and O–H groups in total. The number of anilines is 2. The first kappa shape index (κ1) is 19.1. The fourth-order valence-corrected chi connectivity index (χ4v) is 3.32. The Bertz CT molecular complexity index is 791. The Hall–Kier alpha value is -2.67. The highest BCUT2D eigenvalue weighted by molar-refractivity contribution is 6.03. The van der Waals surface area contributed by atoms with Crippen LogP contribution in [0.5, 0.6) is 0 Å². The van der Waals surface area contributed by atoms with E-state index in [0.717, 1.165) is 37.3 Å². The number of hydrogen-bond acceptors (Lipinski definition) is 4. The van der Waals surface area contributed by atoms with E-state index in [1.807, 2.05) is 13.8 Å². The highest BCUT2D eigenvalue weighted by Crippen LogP contribution is 2.16. The Morgan fingerprint density at radius 2 is 1.67 bits per heavy atom. The summed E-state index contributed by atoms with van der Waals surface area (Å²) >= 11 is 0. The van der Waals surface area contributed by atoms with Crippen molar-refractivity contribution in [3.05, 3.63) is 41.7 Å². The van der Waals surface area contributed by atoms with Gasteiger partial charge in [0.2, 0.25) is 5.91 Å². The third kappa shape index (κ3) is 5.17. The van der Waals surface area contributed by atoms with Gasteiger partial charge >= 0.3 is 0 Å². The lowest BCUT2D eigenvalue weighted by Crippen LogP contribution is -2.36. The highest BCUT2D eigenvalue weighted by atomic mass is 16.2. The van der Waals surface area contributed by atoms with Crippen molar-refractivity contribution in [3.8, 4) is 0 Å². The normalized spacial score (nSPS) is 14.7. The van der Waals surface area contributed by atoms with E-state index in [2.05, 4.69) is 20.6 Å². The summed E-state index contributed by atoms with van der Waals surface area (Å²) in [5, 5.41) is 10.1. The van der Waals surface area contributed by atoms with E-state index in [1.54, 1.807) is 35.0 Å². The Kier molecular flexibility index (Phi) is 6.24. The molecule has 0 spiro atoms. The minimum atomic E-state index is -0.195. The van der Waals surface area contributed by atoms with Gasteiger partial charge in [-0.15, -0.1) is 0 Å². The number of nitrogens with zero attached hydrogens (tertiary/aromatic N) is 3. The van der Waals surface area contributed by atoms with Crippen molar-refractivity contribution in [2.24, 2.45) is 0 Å². The number of aryl methyl sites for hydroxylation is 2. The number of hydrogen-bond donors (Lipinski definition) is 2. The summed E-state index contributed by atoms with van der Waals surface area (Å²) in [7, 11) is 0. The Morgan fingerprint density at radius 1 is 1.04 bits per heavy atom. The average Bonchev–Trinajstić information content (AvgIpc) is 3.05. The number of likely N-dealkylation sites (tertiary alicyclic amines) is 1. The molecule has 27 heavy (non-hydrogen) atoms. The first-order chi connectivity index (χ1) is 13.0. The van der Waals surface area contributed by atoms with Gasteiger partial charge in [-0.25, -0.2) is 0 Å². The molecule has 1 saturated heterocycles. The quantitative estimate of drug-likeness (QED) is 0.821. The third-order valence-corrected chi connectivity index (χ3v) is 4.68. The number of rotatable bonds is 6. The zero-order valence-electron chi connectivity index (χ0n) is 16.0. The van der Waals surface area contributed by atoms with Crippen LogP contribution >= 0.6 is 0 Å². The van der Waals surface area contributed by atoms with E-state index in [9.17, 15) is 9.59 Å². The fourth-order valence-electron chi connectivity index (χ4n) is 3.32. The molecule has 0 atom stereocenters. The van der Waals surface area contributed by atoms with E-state index >= 15 is 0 Å². The molecule has 1 aromatic heterocycles. The van der Waals surface area contributed by atoms with Crippen LogP contribution in [0.4, 0.5) is 11.4 Å². The molecular weight excluding hydrogens is 342 g/mol. The second-order valence-corrected chi connectivity index (χ2v) is 6.90. The maximum Gasteiger partial charge on any atom is 0.273 e. The van der Waals surface area contributed by atoms with Gasteiger partial charge in [0.05, 0.1) is 12.2 Å². The van der Waals surface area contributed by atoms with Crippen LogP contribution in [0.3, 0.4) is 0 Å². The number of nitrogens with one attached hydrogen (secondary N) is 2. The van der Waals surface area contributed by atoms with Crippen LogP contribution in [0.15, 0.2) is 30.3 Å². The molecule has 0 radical (unpaired) electrons. The second kappa shape index (κ2) is 8.81. The molecule has 1 aromatic carbocycles. The average molecular weight is 369 g/mol. The largest absolute Gasteiger partial charge is 0.325 e. The number of amides is 2. The van der Waals surface area contributed by atoms with Crippen LogP contribution in [-0.2, 0) is 11.3 Å². The second-order valence-electron chi connectivity index (χ2n) is 6.90. The van der Waals surface area contributed by atoms with Gasteiger partial charge in [-0.05, 0) is 70.1 Å². The molecule has 0 saturated carbocycles. The van der Waals surface area contributed by atoms with Crippen molar-refractivity contribution in [3.63, 3.8) is 0 Å². The smallest absolute Gasteiger partial charge is 0.273 e. The van der Waals surface area contributed by atoms with E-state index in [-0.39, 0.29) is 11.8 Å². The molecule has 0 bridgehead atoms. The van der Waals surface area contributed by atoms with Crippen molar-refractivity contribution < 1.29 is 9.59 Å². The van der Waals surface area contributed by atoms with Gasteiger partial charge in [0.1, 0.15) is 5.69 Å². The molecule has 1 aliphatic heterocycles. The van der Waals surface area contributed by atoms with Crippen LogP contribution in [0.25, 0.3) is 0 Å². The number of carbonyl (C=O) groups excluding carboxylic acids is 2. The van der Waals surface area contributed by atoms with E-state index in [1.165, 1.54) is 6.42 Å². The number of piperidine rings is 1. The molecule has 144 valence electrons. The number of carbonyl (C=O) groups is 2. The van der Waals surface area contributed by atoms with Gasteiger partial charge in [0.15, 0.2) is 0 Å². The predicted molar refractivity (Wildman–Crippen MR) is 106 cm³/mol. The van der Waals surface area contributed by atoms with Crippen LogP contribution < -0.4 is 10.6 Å². The highest BCUT2D eigenvalue weighted by Gasteiger charge is 2.15. The summed E-state index contributed by atoms with van der Waals surface area (Å²) in [6, 6.07) is 8.94. The Balaban J connectivity index is 1.55. The van der Waals surface area contributed by atoms with Crippen molar-refractivity contribution >= 4 is 23.2 Å². The predicted octanol–water partition coefficient (Wildman–Crippen LogP) is 2.89. The first-order valence-corrected chi connectivity index (χ1v) is 9.53. The molecule has 2 aromatic rings. The topological polar surface area (TPSA) is 79.3 Å². The van der Waals surface area contributed by atoms with Crippen molar-refractivity contribution in [1.82, 2.24) is 14.7 Å². The number of aromatic nitrogens is 2. The molecule has 7 heteroatoms. The molecule has 3 rings (SSSR count). The summed E-state index contributed by atoms with van der Waals surface area (Å²) in [6.45, 7) is 6.87.